The number of nitrogens with zero attached hydrogens (tertiary/aromatic N) is 1. The van der Waals surface area contributed by atoms with Crippen LogP contribution in [0, 0.1) is 0 Å². The lowest BCUT2D eigenvalue weighted by molar-refractivity contribution is -0.124. The van der Waals surface area contributed by atoms with Gasteiger partial charge in [-0.15, -0.1) is 0 Å². The summed E-state index contributed by atoms with van der Waals surface area (Å²) in [6.45, 7) is 5.63. The molecule has 2 amide bonds. The van der Waals surface area contributed by atoms with Crippen molar-refractivity contribution in [3.63, 3.8) is 0 Å². The second-order valence-electron chi connectivity index (χ2n) is 8.05. The third-order valence-corrected chi connectivity index (χ3v) is 4.19. The number of benzene rings is 2. The molecule has 3 rings (SSSR count). The Morgan fingerprint density at radius 1 is 1.12 bits per heavy atom. The molecule has 0 saturated heterocycles. The number of rotatable bonds is 8. The molecule has 0 saturated carbocycles. The highest BCUT2D eigenvalue weighted by Gasteiger charge is 2.24. The van der Waals surface area contributed by atoms with Crippen LogP contribution in [0.25, 0.3) is 0 Å². The van der Waals surface area contributed by atoms with Gasteiger partial charge in [-0.1, -0.05) is 30.3 Å². The van der Waals surface area contributed by atoms with Crippen LogP contribution in [0.5, 0.6) is 11.5 Å². The van der Waals surface area contributed by atoms with Crippen LogP contribution in [0.2, 0.25) is 0 Å². The molecule has 0 fully saturated rings. The van der Waals surface area contributed by atoms with Crippen LogP contribution in [-0.2, 0) is 20.9 Å². The second kappa shape index (κ2) is 10.6. The molecule has 2 aromatic rings. The van der Waals surface area contributed by atoms with Crippen LogP contribution >= 0.6 is 0 Å². The van der Waals surface area contributed by atoms with Gasteiger partial charge in [-0.25, -0.2) is 10.2 Å². The summed E-state index contributed by atoms with van der Waals surface area (Å²) in [5.74, 6) is 0.725. The molecule has 2 N–H and O–H groups in total. The molecule has 9 heteroatoms. The number of amides is 2. The Morgan fingerprint density at radius 2 is 1.88 bits per heavy atom. The molecule has 170 valence electrons. The van der Waals surface area contributed by atoms with E-state index in [-0.39, 0.29) is 13.4 Å². The van der Waals surface area contributed by atoms with Gasteiger partial charge in [0, 0.05) is 0 Å². The summed E-state index contributed by atoms with van der Waals surface area (Å²) < 4.78 is 21.5. The van der Waals surface area contributed by atoms with E-state index in [2.05, 4.69) is 15.8 Å². The van der Waals surface area contributed by atoms with Crippen LogP contribution in [0.3, 0.4) is 0 Å². The summed E-state index contributed by atoms with van der Waals surface area (Å²) in [5.41, 5.74) is 3.39. The molecule has 9 nitrogen and oxygen atoms in total. The third-order valence-electron chi connectivity index (χ3n) is 4.19. The maximum atomic E-state index is 12.6. The molecule has 32 heavy (non-hydrogen) atoms. The Balaban J connectivity index is 1.58. The van der Waals surface area contributed by atoms with Crippen LogP contribution < -0.4 is 20.2 Å². The molecule has 0 spiro atoms. The minimum absolute atomic E-state index is 0.0560. The lowest BCUT2D eigenvalue weighted by Crippen LogP contribution is -2.49. The SMILES string of the molecule is CC(C)(C)OC(=O)N[C@@H](COCc1ccccc1)C(=O)N/N=C\c1ccc2c(c1)OCO2. The number of carbonyl (C=O) groups is 2. The van der Waals surface area contributed by atoms with Crippen LogP contribution in [0.1, 0.15) is 31.9 Å². The fraction of sp³-hybridized carbons (Fsp3) is 0.348. The largest absolute Gasteiger partial charge is 0.454 e. The van der Waals surface area contributed by atoms with Gasteiger partial charge in [0.05, 0.1) is 19.4 Å². The zero-order valence-electron chi connectivity index (χ0n) is 18.3. The average Bonchev–Trinajstić information content (AvgIpc) is 3.20. The van der Waals surface area contributed by atoms with Gasteiger partial charge in [0.1, 0.15) is 11.6 Å². The minimum atomic E-state index is -0.998. The van der Waals surface area contributed by atoms with Crippen molar-refractivity contribution in [2.75, 3.05) is 13.4 Å². The number of ether oxygens (including phenoxy) is 4. The predicted octanol–water partition coefficient (Wildman–Crippen LogP) is 2.98. The third kappa shape index (κ3) is 7.28. The van der Waals surface area contributed by atoms with Crippen LogP contribution in [0.4, 0.5) is 4.79 Å². The Labute approximate surface area is 186 Å². The molecule has 1 atom stereocenters. The highest BCUT2D eigenvalue weighted by molar-refractivity contribution is 5.87. The Morgan fingerprint density at radius 3 is 2.62 bits per heavy atom. The fourth-order valence-corrected chi connectivity index (χ4v) is 2.74. The number of hydrogen-bond acceptors (Lipinski definition) is 7. The normalized spacial score (nSPS) is 13.6. The first-order valence-corrected chi connectivity index (χ1v) is 10.1. The summed E-state index contributed by atoms with van der Waals surface area (Å²) in [6, 6.07) is 13.8. The zero-order valence-corrected chi connectivity index (χ0v) is 18.3. The fourth-order valence-electron chi connectivity index (χ4n) is 2.74. The number of nitrogens with one attached hydrogen (secondary N) is 2. The van der Waals surface area contributed by atoms with Crippen molar-refractivity contribution >= 4 is 18.2 Å². The van der Waals surface area contributed by atoms with Gasteiger partial charge in [0.15, 0.2) is 11.5 Å². The Bertz CT molecular complexity index is 956. The maximum Gasteiger partial charge on any atom is 0.408 e. The number of carbonyl (C=O) groups excluding carboxylic acids is 2. The number of alkyl carbamates (subject to hydrolysis) is 1. The number of hydrogen-bond donors (Lipinski definition) is 2. The quantitative estimate of drug-likeness (QED) is 0.482. The summed E-state index contributed by atoms with van der Waals surface area (Å²) in [6.07, 6.45) is 0.746. The van der Waals surface area contributed by atoms with Crippen molar-refractivity contribution in [2.45, 2.75) is 39.0 Å². The van der Waals surface area contributed by atoms with Gasteiger partial charge in [-0.05, 0) is 50.1 Å². The summed E-state index contributed by atoms with van der Waals surface area (Å²) in [4.78, 5) is 24.8. The van der Waals surface area contributed by atoms with Gasteiger partial charge in [0.25, 0.3) is 5.91 Å². The van der Waals surface area contributed by atoms with Gasteiger partial charge >= 0.3 is 6.09 Å². The van der Waals surface area contributed by atoms with E-state index < -0.39 is 23.6 Å². The highest BCUT2D eigenvalue weighted by atomic mass is 16.7. The molecule has 0 aliphatic carbocycles. The molecule has 0 unspecified atom stereocenters. The molecule has 1 heterocycles. The zero-order chi connectivity index (χ0) is 23.0. The number of hydrazone groups is 1. The van der Waals surface area contributed by atoms with Crippen LogP contribution in [0.15, 0.2) is 53.6 Å². The van der Waals surface area contributed by atoms with Gasteiger partial charge in [-0.3, -0.25) is 4.79 Å². The topological polar surface area (TPSA) is 107 Å². The van der Waals surface area contributed by atoms with Crippen molar-refractivity contribution in [3.05, 3.63) is 59.7 Å². The summed E-state index contributed by atoms with van der Waals surface area (Å²) in [7, 11) is 0. The molecule has 2 aromatic carbocycles. The molecular weight excluding hydrogens is 414 g/mol. The Hall–Kier alpha value is -3.59. The van der Waals surface area contributed by atoms with E-state index in [1.807, 2.05) is 30.3 Å². The molecule has 0 radical (unpaired) electrons. The highest BCUT2D eigenvalue weighted by Crippen LogP contribution is 2.31. The summed E-state index contributed by atoms with van der Waals surface area (Å²) in [5, 5.41) is 6.50. The van der Waals surface area contributed by atoms with Crippen molar-refractivity contribution in [2.24, 2.45) is 5.10 Å². The van der Waals surface area contributed by atoms with Crippen LogP contribution in [-0.4, -0.2) is 43.3 Å². The minimum Gasteiger partial charge on any atom is -0.454 e. The summed E-state index contributed by atoms with van der Waals surface area (Å²) >= 11 is 0. The van der Waals surface area contributed by atoms with E-state index in [0.717, 1.165) is 5.56 Å². The van der Waals surface area contributed by atoms with E-state index >= 15 is 0 Å². The van der Waals surface area contributed by atoms with Gasteiger partial charge < -0.3 is 24.3 Å². The van der Waals surface area contributed by atoms with Crippen molar-refractivity contribution < 1.29 is 28.5 Å². The first kappa shape index (κ1) is 23.1. The smallest absolute Gasteiger partial charge is 0.408 e. The van der Waals surface area contributed by atoms with E-state index in [9.17, 15) is 9.59 Å². The van der Waals surface area contributed by atoms with E-state index in [1.54, 1.807) is 39.0 Å². The molecule has 0 aromatic heterocycles. The van der Waals surface area contributed by atoms with Crippen molar-refractivity contribution in [3.8, 4) is 11.5 Å². The first-order chi connectivity index (χ1) is 15.3. The van der Waals surface area contributed by atoms with Crippen molar-refractivity contribution in [1.82, 2.24) is 10.7 Å². The second-order valence-corrected chi connectivity index (χ2v) is 8.05. The van der Waals surface area contributed by atoms with Crippen molar-refractivity contribution in [1.29, 1.82) is 0 Å². The van der Waals surface area contributed by atoms with E-state index in [4.69, 9.17) is 18.9 Å². The maximum absolute atomic E-state index is 12.6. The molecular formula is C23H27N3O6. The standard InChI is InChI=1S/C23H27N3O6/c1-23(2,3)32-22(28)25-18(14-29-13-16-7-5-4-6-8-16)21(27)26-24-12-17-9-10-19-20(11-17)31-15-30-19/h4-12,18H,13-15H2,1-3H3,(H,25,28)(H,26,27)/b24-12-/t18-/m0/s1. The lowest BCUT2D eigenvalue weighted by Gasteiger charge is -2.22. The van der Waals surface area contributed by atoms with Gasteiger partial charge in [0.2, 0.25) is 6.79 Å². The van der Waals surface area contributed by atoms with E-state index in [1.165, 1.54) is 6.21 Å². The predicted molar refractivity (Wildman–Crippen MR) is 118 cm³/mol. The molecule has 1 aliphatic rings. The van der Waals surface area contributed by atoms with Gasteiger partial charge in [-0.2, -0.15) is 5.10 Å². The monoisotopic (exact) mass is 441 g/mol. The Kier molecular flexibility index (Phi) is 7.67. The molecule has 0 bridgehead atoms. The lowest BCUT2D eigenvalue weighted by atomic mass is 10.2. The van der Waals surface area contributed by atoms with E-state index in [0.29, 0.717) is 23.7 Å². The number of fused-ring (bicyclic) bond motifs is 1. The average molecular weight is 441 g/mol. The molecule has 1 aliphatic heterocycles. The first-order valence-electron chi connectivity index (χ1n) is 10.1.